The van der Waals surface area contributed by atoms with E-state index in [1.807, 2.05) is 19.1 Å². The number of hydrogen-bond donors (Lipinski definition) is 1. The van der Waals surface area contributed by atoms with Gasteiger partial charge in [0.05, 0.1) is 11.6 Å². The smallest absolute Gasteiger partial charge is 0.251 e. The van der Waals surface area contributed by atoms with Crippen molar-refractivity contribution in [2.45, 2.75) is 17.8 Å². The summed E-state index contributed by atoms with van der Waals surface area (Å²) in [6.07, 6.45) is 1.49. The van der Waals surface area contributed by atoms with Gasteiger partial charge in [0.1, 0.15) is 0 Å². The molecule has 5 heteroatoms. The fraction of sp³-hybridized carbons (Fsp3) is 0.154. The van der Waals surface area contributed by atoms with E-state index in [1.165, 1.54) is 24.0 Å². The minimum Gasteiger partial charge on any atom is -0.301 e. The van der Waals surface area contributed by atoms with Crippen molar-refractivity contribution in [3.8, 4) is 6.07 Å². The summed E-state index contributed by atoms with van der Waals surface area (Å²) in [5, 5.41) is 9.39. The van der Waals surface area contributed by atoms with Crippen molar-refractivity contribution < 1.29 is 0 Å². The summed E-state index contributed by atoms with van der Waals surface area (Å²) in [5.74, 6) is 0.713. The Labute approximate surface area is 109 Å². The third kappa shape index (κ3) is 2.99. The second kappa shape index (κ2) is 5.52. The highest BCUT2D eigenvalue weighted by molar-refractivity contribution is 7.98. The van der Waals surface area contributed by atoms with Gasteiger partial charge in [-0.15, -0.1) is 0 Å². The Bertz CT molecular complexity index is 658. The second-order valence-electron chi connectivity index (χ2n) is 3.78. The predicted molar refractivity (Wildman–Crippen MR) is 70.3 cm³/mol. The van der Waals surface area contributed by atoms with Crippen molar-refractivity contribution >= 4 is 11.8 Å². The van der Waals surface area contributed by atoms with Crippen LogP contribution in [-0.4, -0.2) is 9.97 Å². The van der Waals surface area contributed by atoms with E-state index in [-0.39, 0.29) is 5.56 Å². The summed E-state index contributed by atoms with van der Waals surface area (Å²) < 4.78 is 0. The number of H-pyrrole nitrogens is 1. The molecule has 0 saturated carbocycles. The van der Waals surface area contributed by atoms with Gasteiger partial charge < -0.3 is 4.98 Å². The zero-order chi connectivity index (χ0) is 13.0. The summed E-state index contributed by atoms with van der Waals surface area (Å²) in [5.41, 5.74) is 2.71. The minimum atomic E-state index is -0.149. The fourth-order valence-corrected chi connectivity index (χ4v) is 2.42. The van der Waals surface area contributed by atoms with E-state index in [2.05, 4.69) is 16.0 Å². The van der Waals surface area contributed by atoms with Crippen LogP contribution in [0.3, 0.4) is 0 Å². The summed E-state index contributed by atoms with van der Waals surface area (Å²) in [7, 11) is 0. The lowest BCUT2D eigenvalue weighted by molar-refractivity contribution is 0.936. The molecule has 0 atom stereocenters. The van der Waals surface area contributed by atoms with Crippen molar-refractivity contribution in [3.05, 3.63) is 57.5 Å². The molecule has 0 aliphatic carbocycles. The Morgan fingerprint density at radius 3 is 2.94 bits per heavy atom. The van der Waals surface area contributed by atoms with Crippen LogP contribution in [0.2, 0.25) is 0 Å². The molecule has 2 aromatic rings. The van der Waals surface area contributed by atoms with Crippen LogP contribution >= 0.6 is 11.8 Å². The first-order chi connectivity index (χ1) is 8.69. The maximum atomic E-state index is 11.1. The molecule has 0 bridgehead atoms. The van der Waals surface area contributed by atoms with E-state index >= 15 is 0 Å². The number of nitriles is 1. The lowest BCUT2D eigenvalue weighted by Crippen LogP contribution is -2.05. The summed E-state index contributed by atoms with van der Waals surface area (Å²) in [6.45, 7) is 1.97. The summed E-state index contributed by atoms with van der Waals surface area (Å²) in [4.78, 5) is 17.8. The van der Waals surface area contributed by atoms with Gasteiger partial charge in [0.15, 0.2) is 5.16 Å². The minimum absolute atomic E-state index is 0.149. The van der Waals surface area contributed by atoms with Crippen LogP contribution in [0.4, 0.5) is 0 Å². The number of thioether (sulfide) groups is 1. The Balaban J connectivity index is 2.11. The van der Waals surface area contributed by atoms with Gasteiger partial charge in [0.25, 0.3) is 5.56 Å². The zero-order valence-electron chi connectivity index (χ0n) is 9.80. The number of rotatable bonds is 3. The van der Waals surface area contributed by atoms with Gasteiger partial charge in [-0.3, -0.25) is 4.79 Å². The second-order valence-corrected chi connectivity index (χ2v) is 4.75. The van der Waals surface area contributed by atoms with Gasteiger partial charge >= 0.3 is 0 Å². The number of aromatic amines is 1. The molecule has 0 aliphatic rings. The third-order valence-corrected chi connectivity index (χ3v) is 3.42. The highest BCUT2D eigenvalue weighted by Gasteiger charge is 2.02. The van der Waals surface area contributed by atoms with Crippen LogP contribution in [-0.2, 0) is 5.75 Å². The highest BCUT2D eigenvalue weighted by atomic mass is 32.2. The molecule has 4 nitrogen and oxygen atoms in total. The molecule has 0 aliphatic heterocycles. The molecule has 1 N–H and O–H groups in total. The molecule has 0 fully saturated rings. The van der Waals surface area contributed by atoms with E-state index in [1.54, 1.807) is 6.07 Å². The molecule has 0 unspecified atom stereocenters. The molecule has 90 valence electrons. The van der Waals surface area contributed by atoms with Crippen molar-refractivity contribution in [1.82, 2.24) is 9.97 Å². The molecule has 0 amide bonds. The van der Waals surface area contributed by atoms with Crippen LogP contribution in [0, 0.1) is 18.3 Å². The highest BCUT2D eigenvalue weighted by Crippen LogP contribution is 2.21. The van der Waals surface area contributed by atoms with Gasteiger partial charge in [-0.1, -0.05) is 17.8 Å². The summed E-state index contributed by atoms with van der Waals surface area (Å²) in [6, 6.07) is 9.08. The quantitative estimate of drug-likeness (QED) is 0.676. The van der Waals surface area contributed by atoms with Gasteiger partial charge in [-0.05, 0) is 30.2 Å². The molecule has 1 heterocycles. The van der Waals surface area contributed by atoms with Crippen molar-refractivity contribution in [1.29, 1.82) is 5.26 Å². The maximum Gasteiger partial charge on any atom is 0.251 e. The number of nitrogens with one attached hydrogen (secondary N) is 1. The normalized spacial score (nSPS) is 10.0. The van der Waals surface area contributed by atoms with E-state index in [0.717, 1.165) is 11.1 Å². The molecular formula is C13H11N3OS. The van der Waals surface area contributed by atoms with E-state index < -0.39 is 0 Å². The lowest BCUT2D eigenvalue weighted by Gasteiger charge is -2.05. The van der Waals surface area contributed by atoms with E-state index in [0.29, 0.717) is 16.5 Å². The van der Waals surface area contributed by atoms with Gasteiger partial charge in [-0.25, -0.2) is 4.98 Å². The molecular weight excluding hydrogens is 246 g/mol. The average molecular weight is 257 g/mol. The third-order valence-electron chi connectivity index (χ3n) is 2.48. The molecule has 0 spiro atoms. The van der Waals surface area contributed by atoms with Gasteiger partial charge in [0.2, 0.25) is 0 Å². The maximum absolute atomic E-state index is 11.1. The zero-order valence-corrected chi connectivity index (χ0v) is 10.6. The van der Waals surface area contributed by atoms with Crippen molar-refractivity contribution in [3.63, 3.8) is 0 Å². The number of aromatic nitrogens is 2. The average Bonchev–Trinajstić information content (AvgIpc) is 2.37. The molecule has 1 aromatic carbocycles. The van der Waals surface area contributed by atoms with Gasteiger partial charge in [-0.2, -0.15) is 5.26 Å². The van der Waals surface area contributed by atoms with Crippen LogP contribution in [0.15, 0.2) is 40.4 Å². The van der Waals surface area contributed by atoms with Crippen LogP contribution in [0.1, 0.15) is 16.7 Å². The molecule has 0 saturated heterocycles. The van der Waals surface area contributed by atoms with Crippen molar-refractivity contribution in [2.75, 3.05) is 0 Å². The Kier molecular flexibility index (Phi) is 3.80. The van der Waals surface area contributed by atoms with E-state index in [4.69, 9.17) is 5.26 Å². The van der Waals surface area contributed by atoms with Crippen LogP contribution < -0.4 is 5.56 Å². The number of nitrogens with zero attached hydrogens (tertiary/aromatic N) is 2. The standard InChI is InChI=1S/C13H11N3OS/c1-9-6-10(7-14)2-3-11(9)8-18-13-15-5-4-12(17)16-13/h2-6H,8H2,1H3,(H,15,16,17). The number of hydrogen-bond acceptors (Lipinski definition) is 4. The Morgan fingerprint density at radius 2 is 2.28 bits per heavy atom. The predicted octanol–water partition coefficient (Wildman–Crippen LogP) is 2.24. The topological polar surface area (TPSA) is 69.5 Å². The Morgan fingerprint density at radius 1 is 1.44 bits per heavy atom. The SMILES string of the molecule is Cc1cc(C#N)ccc1CSc1nccc(=O)[nH]1. The first-order valence-electron chi connectivity index (χ1n) is 5.37. The molecule has 0 radical (unpaired) electrons. The Hall–Kier alpha value is -2.06. The first-order valence-corrected chi connectivity index (χ1v) is 6.35. The molecule has 2 rings (SSSR count). The van der Waals surface area contributed by atoms with Crippen molar-refractivity contribution in [2.24, 2.45) is 0 Å². The molecule has 18 heavy (non-hydrogen) atoms. The largest absolute Gasteiger partial charge is 0.301 e. The van der Waals surface area contributed by atoms with Gasteiger partial charge in [0, 0.05) is 18.0 Å². The van der Waals surface area contributed by atoms with Crippen LogP contribution in [0.5, 0.6) is 0 Å². The van der Waals surface area contributed by atoms with E-state index in [9.17, 15) is 4.79 Å². The van der Waals surface area contributed by atoms with Crippen LogP contribution in [0.25, 0.3) is 0 Å². The number of aryl methyl sites for hydroxylation is 1. The fourth-order valence-electron chi connectivity index (χ4n) is 1.50. The summed E-state index contributed by atoms with van der Waals surface area (Å²) >= 11 is 1.47. The monoisotopic (exact) mass is 257 g/mol. The first kappa shape index (κ1) is 12.4. The molecule has 1 aromatic heterocycles. The lowest BCUT2D eigenvalue weighted by atomic mass is 10.1. The number of benzene rings is 1.